The molecule has 1 aliphatic rings. The van der Waals surface area contributed by atoms with Gasteiger partial charge in [0.25, 0.3) is 0 Å². The van der Waals surface area contributed by atoms with Crippen molar-refractivity contribution in [1.29, 1.82) is 0 Å². The Morgan fingerprint density at radius 1 is 1.21 bits per heavy atom. The second kappa shape index (κ2) is 6.33. The smallest absolute Gasteiger partial charge is 0.344 e. The minimum atomic E-state index is -0.225. The lowest BCUT2D eigenvalue weighted by molar-refractivity contribution is 0.226. The number of hydrogen-bond acceptors (Lipinski definition) is 2. The molecular formula is C14H20N4O. The maximum atomic E-state index is 11.9. The quantitative estimate of drug-likeness (QED) is 0.606. The third-order valence-corrected chi connectivity index (χ3v) is 3.03. The van der Waals surface area contributed by atoms with Gasteiger partial charge in [0, 0.05) is 45.8 Å². The molecule has 2 rings (SSSR count). The Balaban J connectivity index is 2.30. The second-order valence-electron chi connectivity index (χ2n) is 4.72. The Morgan fingerprint density at radius 3 is 2.42 bits per heavy atom. The fourth-order valence-corrected chi connectivity index (χ4v) is 1.97. The van der Waals surface area contributed by atoms with Crippen molar-refractivity contribution in [3.63, 3.8) is 0 Å². The van der Waals surface area contributed by atoms with Crippen molar-refractivity contribution in [2.75, 3.05) is 40.3 Å². The number of nitrogens with zero attached hydrogens (tertiary/aromatic N) is 3. The Morgan fingerprint density at radius 2 is 1.84 bits per heavy atom. The molecule has 1 saturated heterocycles. The molecule has 0 radical (unpaired) electrons. The number of urea groups is 1. The Bertz CT molecular complexity index is 450. The maximum Gasteiger partial charge on any atom is 0.344 e. The summed E-state index contributed by atoms with van der Waals surface area (Å²) in [6.07, 6.45) is 0. The first-order valence-electron chi connectivity index (χ1n) is 6.49. The monoisotopic (exact) mass is 260 g/mol. The molecule has 1 aromatic carbocycles. The van der Waals surface area contributed by atoms with E-state index in [1.54, 1.807) is 14.1 Å². The summed E-state index contributed by atoms with van der Waals surface area (Å²) >= 11 is 0. The predicted molar refractivity (Wildman–Crippen MR) is 76.5 cm³/mol. The van der Waals surface area contributed by atoms with Gasteiger partial charge >= 0.3 is 6.03 Å². The van der Waals surface area contributed by atoms with Crippen LogP contribution in [0.15, 0.2) is 35.3 Å². The lowest BCUT2D eigenvalue weighted by Crippen LogP contribution is -2.47. The highest BCUT2D eigenvalue weighted by molar-refractivity contribution is 6.04. The number of benzene rings is 1. The summed E-state index contributed by atoms with van der Waals surface area (Å²) in [7, 11) is 3.43. The largest absolute Gasteiger partial charge is 0.353 e. The number of carbonyl (C=O) groups excluding carboxylic acids is 1. The van der Waals surface area contributed by atoms with Gasteiger partial charge in [-0.25, -0.2) is 4.79 Å². The number of aliphatic imine (C=N–C) groups is 1. The molecule has 2 amide bonds. The van der Waals surface area contributed by atoms with Crippen LogP contribution in [0.2, 0.25) is 0 Å². The molecule has 1 aromatic rings. The van der Waals surface area contributed by atoms with Gasteiger partial charge in [-0.15, -0.1) is 0 Å². The summed E-state index contributed by atoms with van der Waals surface area (Å²) in [6, 6.07) is 9.65. The van der Waals surface area contributed by atoms with Crippen LogP contribution < -0.4 is 5.32 Å². The molecule has 0 spiro atoms. The fourth-order valence-electron chi connectivity index (χ4n) is 1.97. The summed E-state index contributed by atoms with van der Waals surface area (Å²) in [6.45, 7) is 3.58. The van der Waals surface area contributed by atoms with Crippen LogP contribution in [0.1, 0.15) is 5.56 Å². The van der Waals surface area contributed by atoms with Gasteiger partial charge in [-0.2, -0.15) is 4.99 Å². The van der Waals surface area contributed by atoms with Crippen LogP contribution in [-0.4, -0.2) is 61.9 Å². The molecule has 5 heteroatoms. The van der Waals surface area contributed by atoms with E-state index in [1.807, 2.05) is 30.3 Å². The van der Waals surface area contributed by atoms with E-state index in [0.717, 1.165) is 37.6 Å². The lowest BCUT2D eigenvalue weighted by atomic mass is 10.2. The van der Waals surface area contributed by atoms with Gasteiger partial charge in [0.15, 0.2) is 0 Å². The highest BCUT2D eigenvalue weighted by Gasteiger charge is 2.17. The molecule has 0 saturated carbocycles. The van der Waals surface area contributed by atoms with E-state index in [2.05, 4.69) is 15.2 Å². The molecule has 102 valence electrons. The summed E-state index contributed by atoms with van der Waals surface area (Å²) in [5.41, 5.74) is 0.986. The molecule has 1 N–H and O–H groups in total. The Hall–Kier alpha value is -1.88. The number of hydrogen-bond donors (Lipinski definition) is 1. The SMILES string of the molecule is CN(C)C(=O)N=C(c1ccccc1)N1CCNCC1. The number of rotatable bonds is 1. The first-order chi connectivity index (χ1) is 9.18. The van der Waals surface area contributed by atoms with Crippen molar-refractivity contribution in [1.82, 2.24) is 15.1 Å². The zero-order valence-electron chi connectivity index (χ0n) is 11.5. The topological polar surface area (TPSA) is 47.9 Å². The minimum Gasteiger partial charge on any atom is -0.353 e. The van der Waals surface area contributed by atoms with Crippen LogP contribution in [0.5, 0.6) is 0 Å². The molecule has 19 heavy (non-hydrogen) atoms. The molecule has 5 nitrogen and oxygen atoms in total. The molecule has 1 fully saturated rings. The van der Waals surface area contributed by atoms with Crippen LogP contribution in [0.25, 0.3) is 0 Å². The van der Waals surface area contributed by atoms with Gasteiger partial charge in [-0.05, 0) is 0 Å². The van der Waals surface area contributed by atoms with E-state index in [9.17, 15) is 4.79 Å². The summed E-state index contributed by atoms with van der Waals surface area (Å²) in [5.74, 6) is 0.765. The highest BCUT2D eigenvalue weighted by Crippen LogP contribution is 2.08. The van der Waals surface area contributed by atoms with Gasteiger partial charge in [-0.1, -0.05) is 30.3 Å². The zero-order valence-corrected chi connectivity index (χ0v) is 11.5. The summed E-state index contributed by atoms with van der Waals surface area (Å²) < 4.78 is 0. The van der Waals surface area contributed by atoms with Crippen LogP contribution in [0.3, 0.4) is 0 Å². The molecule has 0 aromatic heterocycles. The summed E-state index contributed by atoms with van der Waals surface area (Å²) in [4.78, 5) is 19.8. The maximum absolute atomic E-state index is 11.9. The average Bonchev–Trinajstić information content (AvgIpc) is 2.46. The predicted octanol–water partition coefficient (Wildman–Crippen LogP) is 1.02. The van der Waals surface area contributed by atoms with Crippen molar-refractivity contribution in [2.24, 2.45) is 4.99 Å². The van der Waals surface area contributed by atoms with Crippen LogP contribution in [0.4, 0.5) is 4.79 Å². The van der Waals surface area contributed by atoms with E-state index < -0.39 is 0 Å². The zero-order chi connectivity index (χ0) is 13.7. The van der Waals surface area contributed by atoms with Crippen molar-refractivity contribution in [3.8, 4) is 0 Å². The molecule has 0 atom stereocenters. The van der Waals surface area contributed by atoms with E-state index in [4.69, 9.17) is 0 Å². The van der Waals surface area contributed by atoms with Crippen molar-refractivity contribution in [3.05, 3.63) is 35.9 Å². The van der Waals surface area contributed by atoms with E-state index in [1.165, 1.54) is 4.90 Å². The molecule has 1 aliphatic heterocycles. The molecular weight excluding hydrogens is 240 g/mol. The van der Waals surface area contributed by atoms with E-state index >= 15 is 0 Å². The number of amidine groups is 1. The normalized spacial score (nSPS) is 16.3. The molecule has 1 heterocycles. The minimum absolute atomic E-state index is 0.225. The summed E-state index contributed by atoms with van der Waals surface area (Å²) in [5, 5.41) is 3.31. The van der Waals surface area contributed by atoms with Crippen LogP contribution in [-0.2, 0) is 0 Å². The van der Waals surface area contributed by atoms with E-state index in [0.29, 0.717) is 0 Å². The number of carbonyl (C=O) groups is 1. The number of nitrogens with one attached hydrogen (secondary N) is 1. The molecule has 0 unspecified atom stereocenters. The average molecular weight is 260 g/mol. The number of piperazine rings is 1. The first kappa shape index (κ1) is 13.5. The third kappa shape index (κ3) is 3.54. The Labute approximate surface area is 113 Å². The van der Waals surface area contributed by atoms with Crippen molar-refractivity contribution >= 4 is 11.9 Å². The standard InChI is InChI=1S/C14H20N4O/c1-17(2)14(19)16-13(12-6-4-3-5-7-12)18-10-8-15-9-11-18/h3-7,15H,8-11H2,1-2H3. The fraction of sp³-hybridized carbons (Fsp3) is 0.429. The Kier molecular flexibility index (Phi) is 4.52. The molecule has 0 bridgehead atoms. The lowest BCUT2D eigenvalue weighted by Gasteiger charge is -2.30. The third-order valence-electron chi connectivity index (χ3n) is 3.03. The van der Waals surface area contributed by atoms with Gasteiger partial charge in [0.1, 0.15) is 5.84 Å². The van der Waals surface area contributed by atoms with Gasteiger partial charge < -0.3 is 15.1 Å². The van der Waals surface area contributed by atoms with Crippen LogP contribution >= 0.6 is 0 Å². The van der Waals surface area contributed by atoms with Gasteiger partial charge in [0.2, 0.25) is 0 Å². The van der Waals surface area contributed by atoms with Gasteiger partial charge in [-0.3, -0.25) is 0 Å². The van der Waals surface area contributed by atoms with Crippen LogP contribution in [0, 0.1) is 0 Å². The highest BCUT2D eigenvalue weighted by atomic mass is 16.2. The van der Waals surface area contributed by atoms with Crippen molar-refractivity contribution in [2.45, 2.75) is 0 Å². The van der Waals surface area contributed by atoms with Gasteiger partial charge in [0.05, 0.1) is 0 Å². The number of amides is 2. The first-order valence-corrected chi connectivity index (χ1v) is 6.49. The van der Waals surface area contributed by atoms with E-state index in [-0.39, 0.29) is 6.03 Å². The molecule has 0 aliphatic carbocycles. The second-order valence-corrected chi connectivity index (χ2v) is 4.72. The van der Waals surface area contributed by atoms with Crippen molar-refractivity contribution < 1.29 is 4.79 Å².